The van der Waals surface area contributed by atoms with Crippen LogP contribution in [0.4, 0.5) is 0 Å². The molecule has 138 valence electrons. The summed E-state index contributed by atoms with van der Waals surface area (Å²) in [6, 6.07) is 19.1. The van der Waals surface area contributed by atoms with Crippen molar-refractivity contribution in [2.45, 2.75) is 26.7 Å². The van der Waals surface area contributed by atoms with Gasteiger partial charge in [-0.25, -0.2) is 0 Å². The lowest BCUT2D eigenvalue weighted by Crippen LogP contribution is -2.05. The minimum atomic E-state index is 0.384. The van der Waals surface area contributed by atoms with E-state index in [-0.39, 0.29) is 0 Å². The predicted octanol–water partition coefficient (Wildman–Crippen LogP) is 5.89. The second-order valence-electron chi connectivity index (χ2n) is 6.69. The summed E-state index contributed by atoms with van der Waals surface area (Å²) in [7, 11) is 0. The molecule has 2 nitrogen and oxygen atoms in total. The number of thioether (sulfide) groups is 2. The highest BCUT2D eigenvalue weighted by atomic mass is 32.2. The van der Waals surface area contributed by atoms with E-state index >= 15 is 0 Å². The SMILES string of the molecule is CCC1=C(CC)SC(=c2ccc3cc4c/c(=C(\C#N)C=N)ccc4cc3c2)S1. The number of nitrogens with zero attached hydrogens (tertiary/aromatic N) is 1. The number of hydrogen-bond donors (Lipinski definition) is 1. The summed E-state index contributed by atoms with van der Waals surface area (Å²) in [5.41, 5.74) is 0.384. The molecule has 0 bridgehead atoms. The van der Waals surface area contributed by atoms with Gasteiger partial charge in [0.25, 0.3) is 0 Å². The fourth-order valence-corrected chi connectivity index (χ4v) is 6.25. The van der Waals surface area contributed by atoms with Crippen LogP contribution in [-0.4, -0.2) is 6.21 Å². The Bertz CT molecular complexity index is 1290. The van der Waals surface area contributed by atoms with Crippen LogP contribution in [0.3, 0.4) is 0 Å². The first-order valence-electron chi connectivity index (χ1n) is 9.37. The van der Waals surface area contributed by atoms with Crippen molar-refractivity contribution in [3.63, 3.8) is 0 Å². The van der Waals surface area contributed by atoms with E-state index in [1.807, 2.05) is 41.7 Å². The highest BCUT2D eigenvalue weighted by Gasteiger charge is 2.18. The van der Waals surface area contributed by atoms with Gasteiger partial charge in [-0.15, -0.1) is 0 Å². The van der Waals surface area contributed by atoms with Crippen molar-refractivity contribution in [1.29, 1.82) is 10.7 Å². The van der Waals surface area contributed by atoms with Gasteiger partial charge in [-0.2, -0.15) is 5.26 Å². The van der Waals surface area contributed by atoms with E-state index in [0.29, 0.717) is 5.57 Å². The van der Waals surface area contributed by atoms with Crippen molar-refractivity contribution < 1.29 is 0 Å². The van der Waals surface area contributed by atoms with Gasteiger partial charge in [0.05, 0.1) is 9.81 Å². The molecule has 0 atom stereocenters. The van der Waals surface area contributed by atoms with E-state index in [9.17, 15) is 5.26 Å². The van der Waals surface area contributed by atoms with Crippen LogP contribution in [-0.2, 0) is 0 Å². The molecule has 0 saturated heterocycles. The van der Waals surface area contributed by atoms with Crippen molar-refractivity contribution in [3.05, 3.63) is 68.8 Å². The lowest BCUT2D eigenvalue weighted by atomic mass is 10.0. The Kier molecular flexibility index (Phi) is 5.30. The number of nitrogens with one attached hydrogen (secondary N) is 1. The molecule has 0 fully saturated rings. The average molecular weight is 401 g/mol. The standard InChI is InChI=1S/C24H20N2S2/c1-3-22-23(4-2)28-24(27-22)18-8-7-16-9-19-11-17(21(13-25)14-26)6-5-15(19)10-20(16)12-18/h5-13,25H,3-4H2,1-2H3/b21-17-,25-13?. The Morgan fingerprint density at radius 3 is 2.07 bits per heavy atom. The summed E-state index contributed by atoms with van der Waals surface area (Å²) >= 11 is 3.85. The number of hydrogen-bond acceptors (Lipinski definition) is 4. The number of rotatable bonds is 3. The van der Waals surface area contributed by atoms with E-state index in [0.717, 1.165) is 35.0 Å². The molecule has 0 aliphatic carbocycles. The first-order chi connectivity index (χ1) is 13.7. The molecule has 3 aromatic carbocycles. The molecule has 0 amide bonds. The topological polar surface area (TPSA) is 47.6 Å². The van der Waals surface area contributed by atoms with Crippen LogP contribution >= 0.6 is 23.5 Å². The molecule has 0 saturated carbocycles. The number of fused-ring (bicyclic) bond motifs is 2. The Labute approximate surface area is 173 Å². The highest BCUT2D eigenvalue weighted by molar-refractivity contribution is 8.35. The van der Waals surface area contributed by atoms with Crippen molar-refractivity contribution in [2.24, 2.45) is 0 Å². The van der Waals surface area contributed by atoms with Gasteiger partial charge >= 0.3 is 0 Å². The van der Waals surface area contributed by atoms with E-state index in [1.165, 1.54) is 30.0 Å². The smallest absolute Gasteiger partial charge is 0.101 e. The molecular formula is C24H20N2S2. The number of allylic oxidation sites excluding steroid dienone is 2. The molecule has 4 heteroatoms. The van der Waals surface area contributed by atoms with Crippen LogP contribution in [0.15, 0.2) is 58.3 Å². The normalized spacial score (nSPS) is 15.2. The van der Waals surface area contributed by atoms with Crippen molar-refractivity contribution in [1.82, 2.24) is 0 Å². The van der Waals surface area contributed by atoms with Gasteiger partial charge in [0.15, 0.2) is 0 Å². The first-order valence-corrected chi connectivity index (χ1v) is 11.0. The second-order valence-corrected chi connectivity index (χ2v) is 9.16. The summed E-state index contributed by atoms with van der Waals surface area (Å²) in [6.45, 7) is 4.46. The fourth-order valence-electron chi connectivity index (χ4n) is 3.49. The summed E-state index contributed by atoms with van der Waals surface area (Å²) in [5, 5.41) is 23.3. The Morgan fingerprint density at radius 2 is 1.50 bits per heavy atom. The van der Waals surface area contributed by atoms with Crippen molar-refractivity contribution in [2.75, 3.05) is 0 Å². The fraction of sp³-hybridized carbons (Fsp3) is 0.167. The zero-order chi connectivity index (χ0) is 19.7. The van der Waals surface area contributed by atoms with Gasteiger partial charge in [0, 0.05) is 6.21 Å². The molecule has 4 rings (SSSR count). The maximum atomic E-state index is 9.18. The van der Waals surface area contributed by atoms with E-state index < -0.39 is 0 Å². The molecule has 28 heavy (non-hydrogen) atoms. The summed E-state index contributed by atoms with van der Waals surface area (Å²) in [6.07, 6.45) is 3.32. The summed E-state index contributed by atoms with van der Waals surface area (Å²) in [5.74, 6) is 0. The third kappa shape index (κ3) is 3.37. The Hall–Kier alpha value is -2.48. The van der Waals surface area contributed by atoms with E-state index in [4.69, 9.17) is 5.41 Å². The quantitative estimate of drug-likeness (QED) is 0.440. The molecule has 1 aliphatic rings. The minimum Gasteiger partial charge on any atom is -0.307 e. The summed E-state index contributed by atoms with van der Waals surface area (Å²) < 4.78 is 1.38. The minimum absolute atomic E-state index is 0.384. The average Bonchev–Trinajstić information content (AvgIpc) is 3.16. The zero-order valence-corrected chi connectivity index (χ0v) is 17.5. The molecule has 3 aromatic rings. The third-order valence-corrected chi connectivity index (χ3v) is 8.03. The number of benzene rings is 3. The zero-order valence-electron chi connectivity index (χ0n) is 15.9. The van der Waals surface area contributed by atoms with E-state index in [2.05, 4.69) is 50.2 Å². The predicted molar refractivity (Wildman–Crippen MR) is 125 cm³/mol. The third-order valence-electron chi connectivity index (χ3n) is 4.99. The monoisotopic (exact) mass is 400 g/mol. The van der Waals surface area contributed by atoms with Crippen molar-refractivity contribution >= 4 is 61.1 Å². The van der Waals surface area contributed by atoms with Crippen molar-refractivity contribution in [3.8, 4) is 6.07 Å². The van der Waals surface area contributed by atoms with Gasteiger partial charge in [0.1, 0.15) is 6.07 Å². The molecule has 0 aromatic heterocycles. The van der Waals surface area contributed by atoms with Gasteiger partial charge in [-0.05, 0) is 78.9 Å². The van der Waals surface area contributed by atoms with Crippen LogP contribution in [0.25, 0.3) is 31.4 Å². The molecule has 1 N–H and O–H groups in total. The molecular weight excluding hydrogens is 380 g/mol. The molecule has 0 spiro atoms. The highest BCUT2D eigenvalue weighted by Crippen LogP contribution is 2.51. The van der Waals surface area contributed by atoms with Crippen LogP contribution < -0.4 is 10.4 Å². The maximum Gasteiger partial charge on any atom is 0.101 e. The lowest BCUT2D eigenvalue weighted by molar-refractivity contribution is 1.12. The Morgan fingerprint density at radius 1 is 0.893 bits per heavy atom. The van der Waals surface area contributed by atoms with Gasteiger partial charge < -0.3 is 5.41 Å². The largest absolute Gasteiger partial charge is 0.307 e. The molecule has 1 heterocycles. The van der Waals surface area contributed by atoms with Crippen LogP contribution in [0.1, 0.15) is 26.7 Å². The van der Waals surface area contributed by atoms with Crippen LogP contribution in [0.5, 0.6) is 0 Å². The van der Waals surface area contributed by atoms with E-state index in [1.54, 1.807) is 0 Å². The maximum absolute atomic E-state index is 9.18. The molecule has 0 radical (unpaired) electrons. The lowest BCUT2D eigenvalue weighted by Gasteiger charge is -2.04. The Balaban J connectivity index is 1.86. The summed E-state index contributed by atoms with van der Waals surface area (Å²) in [4.78, 5) is 3.01. The number of nitriles is 1. The van der Waals surface area contributed by atoms with Gasteiger partial charge in [0.2, 0.25) is 0 Å². The van der Waals surface area contributed by atoms with Gasteiger partial charge in [-0.3, -0.25) is 0 Å². The molecule has 1 aliphatic heterocycles. The van der Waals surface area contributed by atoms with Crippen LogP contribution in [0, 0.1) is 16.7 Å². The second kappa shape index (κ2) is 7.87. The van der Waals surface area contributed by atoms with Crippen LogP contribution in [0.2, 0.25) is 0 Å². The first kappa shape index (κ1) is 18.9. The van der Waals surface area contributed by atoms with Gasteiger partial charge in [-0.1, -0.05) is 61.6 Å². The molecule has 0 unspecified atom stereocenters.